The van der Waals surface area contributed by atoms with E-state index in [4.69, 9.17) is 14.2 Å². The van der Waals surface area contributed by atoms with Crippen LogP contribution in [0.2, 0.25) is 0 Å². The summed E-state index contributed by atoms with van der Waals surface area (Å²) < 4.78 is 18.6. The van der Waals surface area contributed by atoms with Gasteiger partial charge in [-0.15, -0.1) is 0 Å². The van der Waals surface area contributed by atoms with Gasteiger partial charge in [0.05, 0.1) is 6.61 Å². The standard InChI is InChI=1S/C52H47NO4/c1-37(2)50(55-28-16-3-4-17-29-56-52(46-20-8-5-9-21-46,47-22-10-6-11-23-47)48-24-12-7-13-25-48)57-51(54)53-49-27-26-40-32-43-33-41-30-38-18-14-15-19-39(38)31-42(41)34-44(43)35-45(40)36-49/h5-15,18-27,30-36,50H,1,3-4,16-17,28-29H2,2H3,(H,53,54). The van der Waals surface area contributed by atoms with Gasteiger partial charge in [-0.25, -0.2) is 4.79 Å². The van der Waals surface area contributed by atoms with Crippen molar-refractivity contribution in [3.05, 3.63) is 199 Å². The number of ether oxygens (including phenoxy) is 3. The highest BCUT2D eigenvalue weighted by molar-refractivity contribution is 6.08. The fourth-order valence-electron chi connectivity index (χ4n) is 7.78. The highest BCUT2D eigenvalue weighted by Gasteiger charge is 2.37. The van der Waals surface area contributed by atoms with E-state index in [0.29, 0.717) is 24.5 Å². The van der Waals surface area contributed by atoms with Gasteiger partial charge >= 0.3 is 6.09 Å². The van der Waals surface area contributed by atoms with Crippen molar-refractivity contribution in [2.24, 2.45) is 0 Å². The number of anilines is 1. The molecule has 0 aliphatic heterocycles. The van der Waals surface area contributed by atoms with Crippen LogP contribution < -0.4 is 5.32 Å². The molecule has 0 radical (unpaired) electrons. The van der Waals surface area contributed by atoms with E-state index < -0.39 is 18.0 Å². The number of benzene rings is 8. The summed E-state index contributed by atoms with van der Waals surface area (Å²) in [6.07, 6.45) is 2.21. The summed E-state index contributed by atoms with van der Waals surface area (Å²) in [5, 5.41) is 12.2. The summed E-state index contributed by atoms with van der Waals surface area (Å²) in [5.74, 6) is 0. The van der Waals surface area contributed by atoms with Crippen LogP contribution in [0.15, 0.2) is 182 Å². The van der Waals surface area contributed by atoms with Gasteiger partial charge in [0.2, 0.25) is 6.29 Å². The molecule has 284 valence electrons. The third kappa shape index (κ3) is 8.46. The first-order valence-corrected chi connectivity index (χ1v) is 19.8. The third-order valence-corrected chi connectivity index (χ3v) is 10.6. The third-order valence-electron chi connectivity index (χ3n) is 10.6. The van der Waals surface area contributed by atoms with Crippen LogP contribution in [0.4, 0.5) is 10.5 Å². The number of hydrogen-bond acceptors (Lipinski definition) is 4. The van der Waals surface area contributed by atoms with Crippen molar-refractivity contribution in [1.29, 1.82) is 0 Å². The molecule has 1 atom stereocenters. The summed E-state index contributed by atoms with van der Waals surface area (Å²) in [7, 11) is 0. The average molecular weight is 750 g/mol. The van der Waals surface area contributed by atoms with Crippen LogP contribution in [0.25, 0.3) is 43.1 Å². The maximum Gasteiger partial charge on any atom is 0.414 e. The topological polar surface area (TPSA) is 56.8 Å². The Kier molecular flexibility index (Phi) is 11.4. The zero-order valence-corrected chi connectivity index (χ0v) is 32.3. The van der Waals surface area contributed by atoms with Gasteiger partial charge in [0, 0.05) is 12.3 Å². The van der Waals surface area contributed by atoms with Crippen LogP contribution in [-0.2, 0) is 19.8 Å². The van der Waals surface area contributed by atoms with E-state index in [-0.39, 0.29) is 0 Å². The van der Waals surface area contributed by atoms with Crippen LogP contribution in [0.3, 0.4) is 0 Å². The number of fused-ring (bicyclic) bond motifs is 4. The maximum absolute atomic E-state index is 13.1. The summed E-state index contributed by atoms with van der Waals surface area (Å²) in [6, 6.07) is 59.1. The van der Waals surface area contributed by atoms with Gasteiger partial charge in [-0.05, 0) is 134 Å². The van der Waals surface area contributed by atoms with Gasteiger partial charge in [0.25, 0.3) is 0 Å². The van der Waals surface area contributed by atoms with E-state index in [9.17, 15) is 4.79 Å². The number of carbonyl (C=O) groups excluding carboxylic acids is 1. The number of nitrogens with one attached hydrogen (secondary N) is 1. The number of amides is 1. The Balaban J connectivity index is 0.841. The summed E-state index contributed by atoms with van der Waals surface area (Å²) >= 11 is 0. The van der Waals surface area contributed by atoms with Crippen LogP contribution in [0.5, 0.6) is 0 Å². The predicted molar refractivity (Wildman–Crippen MR) is 235 cm³/mol. The van der Waals surface area contributed by atoms with Gasteiger partial charge in [0.1, 0.15) is 5.60 Å². The lowest BCUT2D eigenvalue weighted by Gasteiger charge is -2.36. The molecular formula is C52H47NO4. The molecule has 8 aromatic carbocycles. The first kappa shape index (κ1) is 37.6. The highest BCUT2D eigenvalue weighted by atomic mass is 16.7. The van der Waals surface area contributed by atoms with Crippen LogP contribution >= 0.6 is 0 Å². The molecule has 0 fully saturated rings. The molecular weight excluding hydrogens is 703 g/mol. The fraction of sp³-hybridized carbons (Fsp3) is 0.173. The molecule has 0 aromatic heterocycles. The Labute approximate surface area is 334 Å². The molecule has 0 aliphatic rings. The molecule has 1 amide bonds. The summed E-state index contributed by atoms with van der Waals surface area (Å²) in [5.41, 5.74) is 3.86. The molecule has 0 saturated carbocycles. The van der Waals surface area contributed by atoms with Gasteiger partial charge in [-0.3, -0.25) is 5.32 Å². The monoisotopic (exact) mass is 749 g/mol. The minimum absolute atomic E-state index is 0.446. The number of rotatable bonds is 15. The number of carbonyl (C=O) groups is 1. The maximum atomic E-state index is 13.1. The van der Waals surface area contributed by atoms with Crippen molar-refractivity contribution in [3.63, 3.8) is 0 Å². The molecule has 5 nitrogen and oxygen atoms in total. The first-order valence-electron chi connectivity index (χ1n) is 19.8. The molecule has 1 unspecified atom stereocenters. The quantitative estimate of drug-likeness (QED) is 0.0373. The first-order chi connectivity index (χ1) is 28.0. The molecule has 8 aromatic rings. The molecule has 0 heterocycles. The fourth-order valence-corrected chi connectivity index (χ4v) is 7.78. The molecule has 0 spiro atoms. The SMILES string of the molecule is C=C(C)C(OCCCCCCOC(c1ccccc1)(c1ccccc1)c1ccccc1)OC(=O)Nc1ccc2cc3cc4cc5ccccc5cc4cc3cc2c1. The van der Waals surface area contributed by atoms with Crippen LogP contribution in [-0.4, -0.2) is 25.6 Å². The largest absolute Gasteiger partial charge is 0.415 e. The number of hydrogen-bond donors (Lipinski definition) is 1. The molecule has 5 heteroatoms. The second kappa shape index (κ2) is 17.3. The Morgan fingerprint density at radius 1 is 0.526 bits per heavy atom. The van der Waals surface area contributed by atoms with Gasteiger partial charge in [-0.2, -0.15) is 0 Å². The Morgan fingerprint density at radius 3 is 1.44 bits per heavy atom. The van der Waals surface area contributed by atoms with Gasteiger partial charge < -0.3 is 14.2 Å². The lowest BCUT2D eigenvalue weighted by atomic mass is 9.80. The smallest absolute Gasteiger partial charge is 0.414 e. The molecule has 0 saturated heterocycles. The van der Waals surface area contributed by atoms with Crippen molar-refractivity contribution in [3.8, 4) is 0 Å². The van der Waals surface area contributed by atoms with E-state index in [1.165, 1.54) is 26.9 Å². The van der Waals surface area contributed by atoms with Crippen molar-refractivity contribution in [1.82, 2.24) is 0 Å². The Morgan fingerprint density at radius 2 is 0.947 bits per heavy atom. The Hall–Kier alpha value is -6.27. The summed E-state index contributed by atoms with van der Waals surface area (Å²) in [6.45, 7) is 6.86. The van der Waals surface area contributed by atoms with Crippen molar-refractivity contribution >= 4 is 54.9 Å². The minimum atomic E-state index is -0.842. The molecule has 1 N–H and O–H groups in total. The minimum Gasteiger partial charge on any atom is -0.415 e. The van der Waals surface area contributed by atoms with Crippen LogP contribution in [0, 0.1) is 0 Å². The Bertz CT molecular complexity index is 2540. The van der Waals surface area contributed by atoms with Crippen molar-refractivity contribution in [2.75, 3.05) is 18.5 Å². The molecule has 8 rings (SSSR count). The van der Waals surface area contributed by atoms with Crippen molar-refractivity contribution < 1.29 is 19.0 Å². The van der Waals surface area contributed by atoms with E-state index in [1.807, 2.05) is 36.4 Å². The summed E-state index contributed by atoms with van der Waals surface area (Å²) in [4.78, 5) is 13.1. The lowest BCUT2D eigenvalue weighted by molar-refractivity contribution is -0.0760. The predicted octanol–water partition coefficient (Wildman–Crippen LogP) is 13.3. The van der Waals surface area contributed by atoms with E-state index in [0.717, 1.165) is 58.5 Å². The zero-order chi connectivity index (χ0) is 39.0. The van der Waals surface area contributed by atoms with Crippen LogP contribution in [0.1, 0.15) is 49.3 Å². The second-order valence-corrected chi connectivity index (χ2v) is 14.8. The van der Waals surface area contributed by atoms with E-state index in [2.05, 4.69) is 145 Å². The molecule has 57 heavy (non-hydrogen) atoms. The average Bonchev–Trinajstić information content (AvgIpc) is 3.24. The lowest BCUT2D eigenvalue weighted by Crippen LogP contribution is -2.33. The number of unbranched alkanes of at least 4 members (excludes halogenated alkanes) is 3. The van der Waals surface area contributed by atoms with Crippen molar-refractivity contribution in [2.45, 2.75) is 44.5 Å². The highest BCUT2D eigenvalue weighted by Crippen LogP contribution is 2.40. The normalized spacial score (nSPS) is 12.2. The van der Waals surface area contributed by atoms with Gasteiger partial charge in [-0.1, -0.05) is 141 Å². The zero-order valence-electron chi connectivity index (χ0n) is 32.3. The second-order valence-electron chi connectivity index (χ2n) is 14.8. The van der Waals surface area contributed by atoms with E-state index in [1.54, 1.807) is 6.92 Å². The van der Waals surface area contributed by atoms with E-state index >= 15 is 0 Å². The molecule has 0 aliphatic carbocycles. The molecule has 0 bridgehead atoms. The van der Waals surface area contributed by atoms with Gasteiger partial charge in [0.15, 0.2) is 0 Å².